The molecule has 2 aromatic rings. The first kappa shape index (κ1) is 14.1. The molecule has 0 saturated heterocycles. The number of aromatic hydroxyl groups is 1. The lowest BCUT2D eigenvalue weighted by Crippen LogP contribution is -2.16. The van der Waals surface area contributed by atoms with Crippen LogP contribution in [-0.4, -0.2) is 11.0 Å². The zero-order valence-corrected chi connectivity index (χ0v) is 11.6. The zero-order chi connectivity index (χ0) is 14.9. The molecule has 0 aromatic heterocycles. The third kappa shape index (κ3) is 2.79. The van der Waals surface area contributed by atoms with Gasteiger partial charge in [-0.15, -0.1) is 0 Å². The van der Waals surface area contributed by atoms with Gasteiger partial charge >= 0.3 is 0 Å². The Balaban J connectivity index is 2.33. The molecule has 0 radical (unpaired) electrons. The Labute approximate surface area is 117 Å². The SMILES string of the molecule is Cc1cc(C)c(C(=O)Nc2ccc(O)cc2F)c(C)c1. The van der Waals surface area contributed by atoms with E-state index in [9.17, 15) is 9.18 Å². The first-order chi connectivity index (χ1) is 9.38. The number of hydrogen-bond acceptors (Lipinski definition) is 2. The van der Waals surface area contributed by atoms with Crippen LogP contribution in [0.15, 0.2) is 30.3 Å². The number of carbonyl (C=O) groups excluding carboxylic acids is 1. The minimum Gasteiger partial charge on any atom is -0.508 e. The second-order valence-electron chi connectivity index (χ2n) is 4.89. The van der Waals surface area contributed by atoms with Crippen LogP contribution in [0.25, 0.3) is 0 Å². The number of aryl methyl sites for hydroxylation is 3. The fourth-order valence-electron chi connectivity index (χ4n) is 2.33. The molecule has 1 amide bonds. The van der Waals surface area contributed by atoms with E-state index in [1.165, 1.54) is 12.1 Å². The molecule has 0 aliphatic carbocycles. The Morgan fingerprint density at radius 1 is 1.10 bits per heavy atom. The van der Waals surface area contributed by atoms with Crippen LogP contribution in [0.5, 0.6) is 5.75 Å². The maximum Gasteiger partial charge on any atom is 0.256 e. The molecule has 20 heavy (non-hydrogen) atoms. The normalized spacial score (nSPS) is 10.4. The molecule has 0 aliphatic rings. The molecule has 0 spiro atoms. The molecule has 0 atom stereocenters. The maximum atomic E-state index is 13.6. The van der Waals surface area contributed by atoms with Crippen molar-refractivity contribution in [3.05, 3.63) is 58.4 Å². The van der Waals surface area contributed by atoms with E-state index in [0.717, 1.165) is 22.8 Å². The number of amides is 1. The molecule has 0 heterocycles. The van der Waals surface area contributed by atoms with Crippen molar-refractivity contribution in [1.82, 2.24) is 0 Å². The number of anilines is 1. The van der Waals surface area contributed by atoms with Crippen LogP contribution < -0.4 is 5.32 Å². The van der Waals surface area contributed by atoms with Crippen LogP contribution in [0.2, 0.25) is 0 Å². The number of carbonyl (C=O) groups is 1. The first-order valence-electron chi connectivity index (χ1n) is 6.26. The molecule has 3 nitrogen and oxygen atoms in total. The number of hydrogen-bond donors (Lipinski definition) is 2. The average Bonchev–Trinajstić information content (AvgIpc) is 2.31. The lowest BCUT2D eigenvalue weighted by Gasteiger charge is -2.12. The van der Waals surface area contributed by atoms with E-state index >= 15 is 0 Å². The van der Waals surface area contributed by atoms with Gasteiger partial charge in [0.2, 0.25) is 0 Å². The van der Waals surface area contributed by atoms with Gasteiger partial charge in [-0.3, -0.25) is 4.79 Å². The molecule has 0 aliphatic heterocycles. The fourth-order valence-corrected chi connectivity index (χ4v) is 2.33. The van der Waals surface area contributed by atoms with Crippen LogP contribution in [0.3, 0.4) is 0 Å². The molecule has 2 rings (SSSR count). The number of benzene rings is 2. The summed E-state index contributed by atoms with van der Waals surface area (Å²) < 4.78 is 13.6. The number of halogens is 1. The lowest BCUT2D eigenvalue weighted by molar-refractivity contribution is 0.102. The van der Waals surface area contributed by atoms with E-state index < -0.39 is 5.82 Å². The maximum absolute atomic E-state index is 13.6. The van der Waals surface area contributed by atoms with Crippen molar-refractivity contribution in [2.75, 3.05) is 5.32 Å². The standard InChI is InChI=1S/C16H16FNO2/c1-9-6-10(2)15(11(3)7-9)16(20)18-14-5-4-12(19)8-13(14)17/h4-8,19H,1-3H3,(H,18,20). The van der Waals surface area contributed by atoms with Gasteiger partial charge in [0.15, 0.2) is 0 Å². The summed E-state index contributed by atoms with van der Waals surface area (Å²) in [5, 5.41) is 11.7. The molecule has 4 heteroatoms. The number of phenolic OH excluding ortho intramolecular Hbond substituents is 1. The van der Waals surface area contributed by atoms with Gasteiger partial charge in [0.05, 0.1) is 5.69 Å². The van der Waals surface area contributed by atoms with Crippen LogP contribution >= 0.6 is 0 Å². The Bertz CT molecular complexity index is 657. The molecular weight excluding hydrogens is 257 g/mol. The van der Waals surface area contributed by atoms with Crippen molar-refractivity contribution in [3.8, 4) is 5.75 Å². The highest BCUT2D eigenvalue weighted by atomic mass is 19.1. The van der Waals surface area contributed by atoms with Gasteiger partial charge in [0.25, 0.3) is 5.91 Å². The number of phenols is 1. The third-order valence-corrected chi connectivity index (χ3v) is 3.10. The molecule has 2 N–H and O–H groups in total. The summed E-state index contributed by atoms with van der Waals surface area (Å²) in [4.78, 5) is 12.3. The van der Waals surface area contributed by atoms with Gasteiger partial charge in [-0.1, -0.05) is 17.7 Å². The Morgan fingerprint density at radius 3 is 2.25 bits per heavy atom. The van der Waals surface area contributed by atoms with Gasteiger partial charge in [0.1, 0.15) is 11.6 Å². The van der Waals surface area contributed by atoms with Crippen LogP contribution in [-0.2, 0) is 0 Å². The quantitative estimate of drug-likeness (QED) is 0.819. The molecule has 0 bridgehead atoms. The van der Waals surface area contributed by atoms with Crippen LogP contribution in [0.4, 0.5) is 10.1 Å². The summed E-state index contributed by atoms with van der Waals surface area (Å²) in [5.41, 5.74) is 3.36. The topological polar surface area (TPSA) is 49.3 Å². The molecule has 104 valence electrons. The van der Waals surface area contributed by atoms with Crippen molar-refractivity contribution in [1.29, 1.82) is 0 Å². The van der Waals surface area contributed by atoms with Crippen molar-refractivity contribution in [2.45, 2.75) is 20.8 Å². The largest absolute Gasteiger partial charge is 0.508 e. The minimum atomic E-state index is -0.666. The fraction of sp³-hybridized carbons (Fsp3) is 0.188. The van der Waals surface area contributed by atoms with E-state index in [4.69, 9.17) is 5.11 Å². The van der Waals surface area contributed by atoms with Crippen molar-refractivity contribution in [2.24, 2.45) is 0 Å². The molecule has 0 saturated carbocycles. The lowest BCUT2D eigenvalue weighted by atomic mass is 9.99. The minimum absolute atomic E-state index is 0.0483. The predicted molar refractivity (Wildman–Crippen MR) is 76.7 cm³/mol. The second kappa shape index (κ2) is 5.33. The highest BCUT2D eigenvalue weighted by Crippen LogP contribution is 2.22. The van der Waals surface area contributed by atoms with Crippen molar-refractivity contribution >= 4 is 11.6 Å². The Hall–Kier alpha value is -2.36. The second-order valence-corrected chi connectivity index (χ2v) is 4.89. The van der Waals surface area contributed by atoms with Gasteiger partial charge in [-0.05, 0) is 44.0 Å². The van der Waals surface area contributed by atoms with Crippen LogP contribution in [0.1, 0.15) is 27.0 Å². The monoisotopic (exact) mass is 273 g/mol. The average molecular weight is 273 g/mol. The summed E-state index contributed by atoms with van der Waals surface area (Å²) in [5.74, 6) is -1.20. The third-order valence-electron chi connectivity index (χ3n) is 3.10. The van der Waals surface area contributed by atoms with E-state index in [1.807, 2.05) is 32.9 Å². The highest BCUT2D eigenvalue weighted by molar-refractivity contribution is 6.06. The summed E-state index contributed by atoms with van der Waals surface area (Å²) >= 11 is 0. The first-order valence-corrected chi connectivity index (χ1v) is 6.26. The summed E-state index contributed by atoms with van der Waals surface area (Å²) in [6.07, 6.45) is 0. The van der Waals surface area contributed by atoms with E-state index in [0.29, 0.717) is 5.56 Å². The summed E-state index contributed by atoms with van der Waals surface area (Å²) in [6.45, 7) is 5.66. The van der Waals surface area contributed by atoms with E-state index in [2.05, 4.69) is 5.32 Å². The van der Waals surface area contributed by atoms with Crippen molar-refractivity contribution < 1.29 is 14.3 Å². The Kier molecular flexibility index (Phi) is 3.74. The van der Waals surface area contributed by atoms with Crippen LogP contribution in [0, 0.1) is 26.6 Å². The van der Waals surface area contributed by atoms with E-state index in [1.54, 1.807) is 0 Å². The van der Waals surface area contributed by atoms with Gasteiger partial charge in [-0.25, -0.2) is 4.39 Å². The van der Waals surface area contributed by atoms with Gasteiger partial charge in [-0.2, -0.15) is 0 Å². The summed E-state index contributed by atoms with van der Waals surface area (Å²) in [6, 6.07) is 7.45. The van der Waals surface area contributed by atoms with Gasteiger partial charge < -0.3 is 10.4 Å². The molecular formula is C16H16FNO2. The smallest absolute Gasteiger partial charge is 0.256 e. The molecule has 0 unspecified atom stereocenters. The Morgan fingerprint density at radius 2 is 1.70 bits per heavy atom. The molecule has 2 aromatic carbocycles. The summed E-state index contributed by atoms with van der Waals surface area (Å²) in [7, 11) is 0. The molecule has 0 fully saturated rings. The number of nitrogens with one attached hydrogen (secondary N) is 1. The zero-order valence-electron chi connectivity index (χ0n) is 11.6. The van der Waals surface area contributed by atoms with Crippen molar-refractivity contribution in [3.63, 3.8) is 0 Å². The van der Waals surface area contributed by atoms with Gasteiger partial charge in [0, 0.05) is 11.6 Å². The predicted octanol–water partition coefficient (Wildman–Crippen LogP) is 3.71. The highest BCUT2D eigenvalue weighted by Gasteiger charge is 2.14. The van der Waals surface area contributed by atoms with E-state index in [-0.39, 0.29) is 17.3 Å². The number of rotatable bonds is 2.